The van der Waals surface area contributed by atoms with Gasteiger partial charge in [-0.1, -0.05) is 68.8 Å². The van der Waals surface area contributed by atoms with Crippen LogP contribution in [0.3, 0.4) is 0 Å². The average molecular weight is 360 g/mol. The smallest absolute Gasteiger partial charge is 0.0912 e. The fourth-order valence-electron chi connectivity index (χ4n) is 4.73. The number of aromatic nitrogens is 1. The molecule has 0 aliphatic heterocycles. The van der Waals surface area contributed by atoms with Gasteiger partial charge in [-0.15, -0.1) is 0 Å². The molecule has 1 atom stereocenters. The molecule has 1 aliphatic rings. The van der Waals surface area contributed by atoms with Gasteiger partial charge in [0, 0.05) is 36.2 Å². The Morgan fingerprint density at radius 2 is 1.70 bits per heavy atom. The lowest BCUT2D eigenvalue weighted by Gasteiger charge is -2.39. The van der Waals surface area contributed by atoms with Gasteiger partial charge in [-0.3, -0.25) is 0 Å². The minimum Gasteiger partial charge on any atom is -0.385 e. The Morgan fingerprint density at radius 3 is 2.33 bits per heavy atom. The van der Waals surface area contributed by atoms with Crippen LogP contribution in [0.15, 0.2) is 54.2 Å². The summed E-state index contributed by atoms with van der Waals surface area (Å²) >= 11 is 0. The van der Waals surface area contributed by atoms with Crippen LogP contribution in [0.1, 0.15) is 52.2 Å². The first-order valence-corrected chi connectivity index (χ1v) is 9.72. The Labute approximate surface area is 162 Å². The van der Waals surface area contributed by atoms with E-state index in [0.717, 1.165) is 5.56 Å². The van der Waals surface area contributed by atoms with E-state index in [1.54, 1.807) is 0 Å². The van der Waals surface area contributed by atoms with Crippen molar-refractivity contribution in [2.24, 2.45) is 12.5 Å². The summed E-state index contributed by atoms with van der Waals surface area (Å²) in [5, 5.41) is 12.6. The average Bonchev–Trinajstić information content (AvgIpc) is 2.95. The quantitative estimate of drug-likeness (QED) is 0.544. The van der Waals surface area contributed by atoms with Crippen LogP contribution in [0.2, 0.25) is 0 Å². The van der Waals surface area contributed by atoms with E-state index in [1.165, 1.54) is 38.7 Å². The lowest BCUT2D eigenvalue weighted by Crippen LogP contribution is -2.31. The zero-order valence-corrected chi connectivity index (χ0v) is 17.2. The highest BCUT2D eigenvalue weighted by molar-refractivity contribution is 6.03. The second-order valence-corrected chi connectivity index (χ2v) is 9.21. The molecule has 2 nitrogen and oxygen atoms in total. The van der Waals surface area contributed by atoms with Crippen molar-refractivity contribution in [1.82, 2.24) is 4.57 Å². The minimum atomic E-state index is -0.844. The van der Waals surface area contributed by atoms with Crippen molar-refractivity contribution >= 4 is 16.5 Å². The lowest BCUT2D eigenvalue weighted by molar-refractivity contribution is 0.0510. The van der Waals surface area contributed by atoms with Gasteiger partial charge in [0.2, 0.25) is 0 Å². The first kappa shape index (κ1) is 18.1. The summed E-state index contributed by atoms with van der Waals surface area (Å²) in [6.45, 7) is 10.9. The number of aliphatic hydroxyl groups is 1. The molecule has 1 heterocycles. The zero-order valence-electron chi connectivity index (χ0n) is 17.2. The molecule has 3 aromatic rings. The Balaban J connectivity index is 2.10. The Morgan fingerprint density at radius 1 is 1.04 bits per heavy atom. The molecule has 140 valence electrons. The third-order valence-electron chi connectivity index (χ3n) is 6.06. The van der Waals surface area contributed by atoms with Gasteiger partial charge >= 0.3 is 0 Å². The number of benzene rings is 2. The molecular weight excluding hydrogens is 330 g/mol. The molecule has 1 aromatic heterocycles. The minimum absolute atomic E-state index is 0.0291. The van der Waals surface area contributed by atoms with Gasteiger partial charge in [0.05, 0.1) is 11.1 Å². The van der Waals surface area contributed by atoms with Crippen LogP contribution >= 0.6 is 0 Å². The number of rotatable bonds is 1. The summed E-state index contributed by atoms with van der Waals surface area (Å²) < 4.78 is 2.22. The Bertz CT molecular complexity index is 1060. The highest BCUT2D eigenvalue weighted by Gasteiger charge is 2.38. The van der Waals surface area contributed by atoms with Gasteiger partial charge in [0.25, 0.3) is 0 Å². The normalized spacial score (nSPS) is 20.3. The number of aryl methyl sites for hydroxylation is 1. The fourth-order valence-corrected chi connectivity index (χ4v) is 4.73. The molecular formula is C25H29NO. The topological polar surface area (TPSA) is 25.2 Å². The summed E-state index contributed by atoms with van der Waals surface area (Å²) in [6.07, 6.45) is 2.91. The van der Waals surface area contributed by atoms with Crippen molar-refractivity contribution in [2.45, 2.75) is 46.6 Å². The standard InChI is InChI=1S/C25H29NO/c1-16-21(24(2,3)4)14-25(5,27)20-13-12-18-19(17-10-8-7-9-11-17)15-26(6)23(18)22(16)20/h7-13,15,27H,14H2,1-6H3/t25-/m1/s1. The van der Waals surface area contributed by atoms with Crippen molar-refractivity contribution in [1.29, 1.82) is 0 Å². The molecule has 27 heavy (non-hydrogen) atoms. The summed E-state index contributed by atoms with van der Waals surface area (Å²) in [7, 11) is 2.11. The van der Waals surface area contributed by atoms with Gasteiger partial charge in [-0.05, 0) is 36.0 Å². The highest BCUT2D eigenvalue weighted by Crippen LogP contribution is 2.49. The van der Waals surface area contributed by atoms with Gasteiger partial charge in [-0.25, -0.2) is 0 Å². The van der Waals surface area contributed by atoms with Gasteiger partial charge in [0.15, 0.2) is 0 Å². The molecule has 0 saturated carbocycles. The van der Waals surface area contributed by atoms with E-state index in [9.17, 15) is 5.11 Å². The molecule has 2 aromatic carbocycles. The Hall–Kier alpha value is -2.32. The molecule has 0 fully saturated rings. The predicted octanol–water partition coefficient (Wildman–Crippen LogP) is 6.28. The Kier molecular flexibility index (Phi) is 3.91. The van der Waals surface area contributed by atoms with E-state index >= 15 is 0 Å². The van der Waals surface area contributed by atoms with Crippen LogP contribution in [-0.2, 0) is 12.6 Å². The van der Waals surface area contributed by atoms with Crippen molar-refractivity contribution in [2.75, 3.05) is 0 Å². The maximum absolute atomic E-state index is 11.3. The maximum Gasteiger partial charge on any atom is 0.0912 e. The van der Waals surface area contributed by atoms with Crippen LogP contribution in [0, 0.1) is 5.41 Å². The van der Waals surface area contributed by atoms with E-state index in [2.05, 4.69) is 88.0 Å². The van der Waals surface area contributed by atoms with Crippen LogP contribution in [-0.4, -0.2) is 9.67 Å². The van der Waals surface area contributed by atoms with Gasteiger partial charge in [0.1, 0.15) is 0 Å². The van der Waals surface area contributed by atoms with E-state index < -0.39 is 5.60 Å². The SMILES string of the molecule is CC1=C(C(C)(C)C)C[C@@](C)(O)c2ccc3c(-c4ccccc4)cn(C)c3c21. The zero-order chi connectivity index (χ0) is 19.6. The molecule has 0 unspecified atom stereocenters. The summed E-state index contributed by atoms with van der Waals surface area (Å²) in [6, 6.07) is 14.9. The highest BCUT2D eigenvalue weighted by atomic mass is 16.3. The van der Waals surface area contributed by atoms with E-state index in [0.29, 0.717) is 6.42 Å². The summed E-state index contributed by atoms with van der Waals surface area (Å²) in [5.41, 5.74) is 7.77. The van der Waals surface area contributed by atoms with E-state index in [1.807, 2.05) is 6.92 Å². The molecule has 2 heteroatoms. The molecule has 0 radical (unpaired) electrons. The van der Waals surface area contributed by atoms with Crippen LogP contribution in [0.5, 0.6) is 0 Å². The molecule has 0 saturated heterocycles. The monoisotopic (exact) mass is 359 g/mol. The molecule has 0 spiro atoms. The molecule has 0 amide bonds. The molecule has 1 N–H and O–H groups in total. The predicted molar refractivity (Wildman–Crippen MR) is 115 cm³/mol. The van der Waals surface area contributed by atoms with Crippen molar-refractivity contribution < 1.29 is 5.11 Å². The molecule has 4 rings (SSSR count). The van der Waals surface area contributed by atoms with Gasteiger partial charge < -0.3 is 9.67 Å². The van der Waals surface area contributed by atoms with Crippen molar-refractivity contribution in [3.8, 4) is 11.1 Å². The lowest BCUT2D eigenvalue weighted by atomic mass is 9.69. The maximum atomic E-state index is 11.3. The first-order chi connectivity index (χ1) is 12.6. The summed E-state index contributed by atoms with van der Waals surface area (Å²) in [5.74, 6) is 0. The number of nitrogens with zero attached hydrogens (tertiary/aromatic N) is 1. The molecule has 1 aliphatic carbocycles. The first-order valence-electron chi connectivity index (χ1n) is 9.72. The van der Waals surface area contributed by atoms with Crippen LogP contribution in [0.4, 0.5) is 0 Å². The third-order valence-corrected chi connectivity index (χ3v) is 6.06. The number of hydrogen-bond donors (Lipinski definition) is 1. The van der Waals surface area contributed by atoms with E-state index in [-0.39, 0.29) is 5.41 Å². The van der Waals surface area contributed by atoms with Crippen molar-refractivity contribution in [3.05, 3.63) is 65.4 Å². The number of allylic oxidation sites excluding steroid dienone is 1. The van der Waals surface area contributed by atoms with E-state index in [4.69, 9.17) is 0 Å². The second-order valence-electron chi connectivity index (χ2n) is 9.21. The van der Waals surface area contributed by atoms with Crippen LogP contribution < -0.4 is 0 Å². The van der Waals surface area contributed by atoms with Crippen molar-refractivity contribution in [3.63, 3.8) is 0 Å². The number of fused-ring (bicyclic) bond motifs is 3. The largest absolute Gasteiger partial charge is 0.385 e. The fraction of sp³-hybridized carbons (Fsp3) is 0.360. The third kappa shape index (κ3) is 2.74. The van der Waals surface area contributed by atoms with Gasteiger partial charge in [-0.2, -0.15) is 0 Å². The molecule has 0 bridgehead atoms. The van der Waals surface area contributed by atoms with Crippen LogP contribution in [0.25, 0.3) is 27.6 Å². The second kappa shape index (κ2) is 5.84. The number of hydrogen-bond acceptors (Lipinski definition) is 1. The summed E-state index contributed by atoms with van der Waals surface area (Å²) in [4.78, 5) is 0.